The number of hydrogen-bond acceptors (Lipinski definition) is 6. The quantitative estimate of drug-likeness (QED) is 0.275. The van der Waals surface area contributed by atoms with Crippen LogP contribution >= 0.6 is 0 Å². The highest BCUT2D eigenvalue weighted by molar-refractivity contribution is 5.86. The average Bonchev–Trinajstić information content (AvgIpc) is 2.98. The number of rotatable bonds is 11. The first-order valence-electron chi connectivity index (χ1n) is 12.3. The van der Waals surface area contributed by atoms with Gasteiger partial charge in [0, 0.05) is 6.54 Å². The minimum atomic E-state index is -0.987. The van der Waals surface area contributed by atoms with Gasteiger partial charge in [-0.3, -0.25) is 9.78 Å². The molecule has 1 heterocycles. The molecule has 38 heavy (non-hydrogen) atoms. The molecule has 0 fully saturated rings. The molecule has 8 heteroatoms. The lowest BCUT2D eigenvalue weighted by atomic mass is 10.1. The van der Waals surface area contributed by atoms with Crippen molar-refractivity contribution in [2.75, 3.05) is 0 Å². The molecule has 0 radical (unpaired) electrons. The third kappa shape index (κ3) is 7.91. The van der Waals surface area contributed by atoms with Crippen molar-refractivity contribution in [3.05, 3.63) is 131 Å². The van der Waals surface area contributed by atoms with Crippen LogP contribution in [0.15, 0.2) is 103 Å². The minimum absolute atomic E-state index is 0.0864. The molecule has 0 bridgehead atoms. The molecule has 0 spiro atoms. The summed E-state index contributed by atoms with van der Waals surface area (Å²) in [4.78, 5) is 30.2. The first kappa shape index (κ1) is 26.4. The summed E-state index contributed by atoms with van der Waals surface area (Å²) in [5, 5.41) is 5.53. The molecule has 3 aromatic carbocycles. The number of carbonyl (C=O) groups is 2. The molecule has 0 saturated carbocycles. The van der Waals surface area contributed by atoms with E-state index in [2.05, 4.69) is 15.6 Å². The number of nitrogens with zero attached hydrogens (tertiary/aromatic N) is 1. The number of aromatic nitrogens is 1. The Morgan fingerprint density at radius 3 is 2.05 bits per heavy atom. The third-order valence-electron chi connectivity index (χ3n) is 5.72. The van der Waals surface area contributed by atoms with Gasteiger partial charge in [0.1, 0.15) is 25.0 Å². The molecule has 0 aliphatic carbocycles. The van der Waals surface area contributed by atoms with E-state index in [1.54, 1.807) is 30.3 Å². The number of alkyl carbamates (subject to hydrolysis) is 1. The monoisotopic (exact) mass is 510 g/mol. The topological polar surface area (TPSA) is 116 Å². The van der Waals surface area contributed by atoms with Crippen LogP contribution in [0.5, 0.6) is 5.75 Å². The molecule has 0 saturated heterocycles. The highest BCUT2D eigenvalue weighted by Crippen LogP contribution is 2.20. The van der Waals surface area contributed by atoms with Gasteiger partial charge >= 0.3 is 6.09 Å². The van der Waals surface area contributed by atoms with Crippen LogP contribution in [0.1, 0.15) is 34.1 Å². The van der Waals surface area contributed by atoms with Gasteiger partial charge in [0.25, 0.3) is 0 Å². The minimum Gasteiger partial charge on any atom is -0.489 e. The second kappa shape index (κ2) is 13.6. The average molecular weight is 511 g/mol. The maximum Gasteiger partial charge on any atom is 0.408 e. The number of carbonyl (C=O) groups excluding carboxylic acids is 2. The summed E-state index contributed by atoms with van der Waals surface area (Å²) in [6, 6.07) is 30.6. The number of nitrogens with two attached hydrogens (primary N) is 1. The largest absolute Gasteiger partial charge is 0.489 e. The van der Waals surface area contributed by atoms with Gasteiger partial charge in [0.2, 0.25) is 5.91 Å². The lowest BCUT2D eigenvalue weighted by Crippen LogP contribution is -2.40. The molecule has 4 N–H and O–H groups in total. The lowest BCUT2D eigenvalue weighted by Gasteiger charge is -2.19. The van der Waals surface area contributed by atoms with E-state index in [-0.39, 0.29) is 13.2 Å². The highest BCUT2D eigenvalue weighted by atomic mass is 16.5. The van der Waals surface area contributed by atoms with Crippen molar-refractivity contribution in [3.63, 3.8) is 0 Å². The Labute approximate surface area is 221 Å². The lowest BCUT2D eigenvalue weighted by molar-refractivity contribution is -0.123. The molecular weight excluding hydrogens is 480 g/mol. The number of ether oxygens (including phenoxy) is 2. The van der Waals surface area contributed by atoms with Crippen LogP contribution in [0.3, 0.4) is 0 Å². The van der Waals surface area contributed by atoms with Gasteiger partial charge < -0.3 is 25.8 Å². The summed E-state index contributed by atoms with van der Waals surface area (Å²) in [5.41, 5.74) is 9.52. The van der Waals surface area contributed by atoms with Crippen molar-refractivity contribution in [1.82, 2.24) is 15.6 Å². The van der Waals surface area contributed by atoms with E-state index in [0.29, 0.717) is 30.2 Å². The van der Waals surface area contributed by atoms with Gasteiger partial charge in [-0.25, -0.2) is 4.79 Å². The molecular formula is C30H30N4O4. The SMILES string of the molecule is NCc1cccc(CNC(=O)[C@@H](NC(=O)OCc2ccccc2)c2ccc(OCc3ccccc3)cc2)n1. The molecule has 0 aliphatic heterocycles. The van der Waals surface area contributed by atoms with Crippen molar-refractivity contribution < 1.29 is 19.1 Å². The third-order valence-corrected chi connectivity index (χ3v) is 5.72. The first-order chi connectivity index (χ1) is 18.6. The van der Waals surface area contributed by atoms with Gasteiger partial charge in [-0.2, -0.15) is 0 Å². The summed E-state index contributed by atoms with van der Waals surface area (Å²) in [6.45, 7) is 0.992. The van der Waals surface area contributed by atoms with Crippen molar-refractivity contribution in [2.45, 2.75) is 32.3 Å². The predicted molar refractivity (Wildman–Crippen MR) is 144 cm³/mol. The summed E-state index contributed by atoms with van der Waals surface area (Å²) in [5.74, 6) is 0.241. The van der Waals surface area contributed by atoms with Crippen LogP contribution in [-0.2, 0) is 35.8 Å². The van der Waals surface area contributed by atoms with Gasteiger partial charge in [-0.15, -0.1) is 0 Å². The Hall–Kier alpha value is -4.69. The summed E-state index contributed by atoms with van der Waals surface area (Å²) < 4.78 is 11.2. The van der Waals surface area contributed by atoms with Gasteiger partial charge in [0.05, 0.1) is 17.9 Å². The van der Waals surface area contributed by atoms with Gasteiger partial charge in [0.15, 0.2) is 0 Å². The zero-order valence-corrected chi connectivity index (χ0v) is 20.9. The smallest absolute Gasteiger partial charge is 0.408 e. The molecule has 0 unspecified atom stereocenters. The van der Waals surface area contributed by atoms with E-state index in [0.717, 1.165) is 16.8 Å². The maximum absolute atomic E-state index is 13.2. The Kier molecular flexibility index (Phi) is 9.42. The fourth-order valence-electron chi connectivity index (χ4n) is 3.70. The van der Waals surface area contributed by atoms with Crippen LogP contribution < -0.4 is 21.1 Å². The van der Waals surface area contributed by atoms with Gasteiger partial charge in [-0.1, -0.05) is 78.9 Å². The van der Waals surface area contributed by atoms with E-state index >= 15 is 0 Å². The van der Waals surface area contributed by atoms with Crippen LogP contribution in [-0.4, -0.2) is 17.0 Å². The highest BCUT2D eigenvalue weighted by Gasteiger charge is 2.24. The molecule has 4 aromatic rings. The fraction of sp³-hybridized carbons (Fsp3) is 0.167. The van der Waals surface area contributed by atoms with Crippen molar-refractivity contribution in [3.8, 4) is 5.75 Å². The molecule has 4 rings (SSSR count). The molecule has 194 valence electrons. The Balaban J connectivity index is 1.43. The number of benzene rings is 3. The van der Waals surface area contributed by atoms with Gasteiger partial charge in [-0.05, 0) is 41.0 Å². The van der Waals surface area contributed by atoms with E-state index in [1.807, 2.05) is 72.8 Å². The van der Waals surface area contributed by atoms with Crippen LogP contribution in [0, 0.1) is 0 Å². The summed E-state index contributed by atoms with van der Waals surface area (Å²) in [7, 11) is 0. The molecule has 0 aliphatic rings. The second-order valence-electron chi connectivity index (χ2n) is 8.52. The molecule has 2 amide bonds. The summed E-state index contributed by atoms with van der Waals surface area (Å²) >= 11 is 0. The van der Waals surface area contributed by atoms with E-state index in [4.69, 9.17) is 15.2 Å². The zero-order chi connectivity index (χ0) is 26.6. The Morgan fingerprint density at radius 1 is 0.763 bits per heavy atom. The Bertz CT molecular complexity index is 1320. The van der Waals surface area contributed by atoms with E-state index in [9.17, 15) is 9.59 Å². The number of nitrogens with one attached hydrogen (secondary N) is 2. The molecule has 8 nitrogen and oxygen atoms in total. The number of pyridine rings is 1. The van der Waals surface area contributed by atoms with E-state index < -0.39 is 18.0 Å². The van der Waals surface area contributed by atoms with Crippen LogP contribution in [0.2, 0.25) is 0 Å². The zero-order valence-electron chi connectivity index (χ0n) is 20.9. The normalized spacial score (nSPS) is 11.3. The molecule has 1 atom stereocenters. The fourth-order valence-corrected chi connectivity index (χ4v) is 3.70. The second-order valence-corrected chi connectivity index (χ2v) is 8.52. The standard InChI is InChI=1S/C30H30N4O4/c31-18-25-12-7-13-26(33-25)19-32-29(35)28(34-30(36)38-21-23-10-5-2-6-11-23)24-14-16-27(17-15-24)37-20-22-8-3-1-4-9-22/h1-17,28H,18-21,31H2,(H,32,35)(H,34,36)/t28-/m0/s1. The van der Waals surface area contributed by atoms with Crippen LogP contribution in [0.25, 0.3) is 0 Å². The number of hydrogen-bond donors (Lipinski definition) is 3. The predicted octanol–water partition coefficient (Wildman–Crippen LogP) is 4.40. The van der Waals surface area contributed by atoms with Crippen molar-refractivity contribution in [1.29, 1.82) is 0 Å². The first-order valence-corrected chi connectivity index (χ1v) is 12.3. The van der Waals surface area contributed by atoms with E-state index in [1.165, 1.54) is 0 Å². The number of amides is 2. The Morgan fingerprint density at radius 2 is 1.39 bits per heavy atom. The summed E-state index contributed by atoms with van der Waals surface area (Å²) in [6.07, 6.45) is -0.707. The molecule has 1 aromatic heterocycles. The van der Waals surface area contributed by atoms with Crippen molar-refractivity contribution >= 4 is 12.0 Å². The maximum atomic E-state index is 13.2. The van der Waals surface area contributed by atoms with Crippen molar-refractivity contribution in [2.24, 2.45) is 5.73 Å². The van der Waals surface area contributed by atoms with Crippen LogP contribution in [0.4, 0.5) is 4.79 Å².